The van der Waals surface area contributed by atoms with Crippen LogP contribution in [0.25, 0.3) is 0 Å². The highest BCUT2D eigenvalue weighted by Crippen LogP contribution is 2.13. The number of aromatic amines is 1. The fraction of sp³-hybridized carbons (Fsp3) is 0.545. The standard InChI is InChI=1S/C11H17N5O2S/c12-8-6-9(17)15-11(14-8)19-7-10(18)16-4-1-2-13-3-5-16/h6,13H,1-5,7H2,(H3,12,14,15,17). The van der Waals surface area contributed by atoms with Crippen LogP contribution in [0.3, 0.4) is 0 Å². The molecule has 19 heavy (non-hydrogen) atoms. The van der Waals surface area contributed by atoms with Gasteiger partial charge in [0, 0.05) is 25.7 Å². The summed E-state index contributed by atoms with van der Waals surface area (Å²) in [5.41, 5.74) is 5.18. The van der Waals surface area contributed by atoms with Gasteiger partial charge in [-0.1, -0.05) is 11.8 Å². The Morgan fingerprint density at radius 2 is 2.32 bits per heavy atom. The van der Waals surface area contributed by atoms with E-state index >= 15 is 0 Å². The first-order valence-electron chi connectivity index (χ1n) is 6.13. The van der Waals surface area contributed by atoms with E-state index in [1.54, 1.807) is 0 Å². The minimum Gasteiger partial charge on any atom is -0.383 e. The molecule has 0 aliphatic carbocycles. The van der Waals surface area contributed by atoms with Crippen molar-refractivity contribution in [2.75, 3.05) is 37.7 Å². The van der Waals surface area contributed by atoms with E-state index in [4.69, 9.17) is 5.73 Å². The summed E-state index contributed by atoms with van der Waals surface area (Å²) in [7, 11) is 0. The highest BCUT2D eigenvalue weighted by molar-refractivity contribution is 7.99. The van der Waals surface area contributed by atoms with Gasteiger partial charge in [-0.3, -0.25) is 9.59 Å². The Bertz CT molecular complexity index is 496. The second kappa shape index (κ2) is 6.58. The molecule has 0 atom stereocenters. The largest absolute Gasteiger partial charge is 0.383 e. The van der Waals surface area contributed by atoms with Crippen LogP contribution in [0.5, 0.6) is 0 Å². The van der Waals surface area contributed by atoms with E-state index in [-0.39, 0.29) is 23.0 Å². The molecule has 1 fully saturated rings. The Morgan fingerprint density at radius 3 is 3.11 bits per heavy atom. The Hall–Kier alpha value is -1.54. The van der Waals surface area contributed by atoms with Crippen molar-refractivity contribution in [2.45, 2.75) is 11.6 Å². The lowest BCUT2D eigenvalue weighted by molar-refractivity contribution is -0.128. The summed E-state index contributed by atoms with van der Waals surface area (Å²) in [4.78, 5) is 31.6. The number of H-pyrrole nitrogens is 1. The highest BCUT2D eigenvalue weighted by Gasteiger charge is 2.15. The van der Waals surface area contributed by atoms with Crippen LogP contribution < -0.4 is 16.6 Å². The number of aromatic nitrogens is 2. The van der Waals surface area contributed by atoms with E-state index in [1.165, 1.54) is 17.8 Å². The maximum absolute atomic E-state index is 12.0. The molecule has 1 aliphatic rings. The molecule has 0 aromatic carbocycles. The number of carbonyl (C=O) groups excluding carboxylic acids is 1. The van der Waals surface area contributed by atoms with Crippen molar-refractivity contribution in [1.29, 1.82) is 0 Å². The number of carbonyl (C=O) groups is 1. The molecule has 1 amide bonds. The summed E-state index contributed by atoms with van der Waals surface area (Å²) >= 11 is 1.20. The average Bonchev–Trinajstić information content (AvgIpc) is 2.63. The number of nitrogens with one attached hydrogen (secondary N) is 2. The van der Waals surface area contributed by atoms with E-state index in [1.807, 2.05) is 4.90 Å². The van der Waals surface area contributed by atoms with Gasteiger partial charge in [0.25, 0.3) is 5.56 Å². The van der Waals surface area contributed by atoms with Gasteiger partial charge in [0.1, 0.15) is 5.82 Å². The van der Waals surface area contributed by atoms with E-state index in [2.05, 4.69) is 15.3 Å². The Morgan fingerprint density at radius 1 is 1.47 bits per heavy atom. The molecular weight excluding hydrogens is 266 g/mol. The SMILES string of the molecule is Nc1cc(=O)[nH]c(SCC(=O)N2CCCNCC2)n1. The molecule has 2 heterocycles. The molecule has 8 heteroatoms. The molecule has 1 aliphatic heterocycles. The van der Waals surface area contributed by atoms with Crippen LogP contribution in [0.4, 0.5) is 5.82 Å². The molecule has 0 spiro atoms. The van der Waals surface area contributed by atoms with Gasteiger partial charge in [0.2, 0.25) is 5.91 Å². The molecule has 2 rings (SSSR count). The number of amides is 1. The highest BCUT2D eigenvalue weighted by atomic mass is 32.2. The van der Waals surface area contributed by atoms with Crippen molar-refractivity contribution in [3.05, 3.63) is 16.4 Å². The molecule has 0 radical (unpaired) electrons. The van der Waals surface area contributed by atoms with Crippen LogP contribution >= 0.6 is 11.8 Å². The Kier molecular flexibility index (Phi) is 4.80. The number of nitrogen functional groups attached to an aromatic ring is 1. The first kappa shape index (κ1) is 13.9. The molecule has 7 nitrogen and oxygen atoms in total. The number of nitrogens with zero attached hydrogens (tertiary/aromatic N) is 2. The second-order valence-electron chi connectivity index (χ2n) is 4.25. The van der Waals surface area contributed by atoms with Crippen molar-refractivity contribution in [3.8, 4) is 0 Å². The third-order valence-electron chi connectivity index (χ3n) is 2.76. The molecule has 1 aromatic rings. The second-order valence-corrected chi connectivity index (χ2v) is 5.21. The number of rotatable bonds is 3. The summed E-state index contributed by atoms with van der Waals surface area (Å²) in [5.74, 6) is 0.475. The van der Waals surface area contributed by atoms with Crippen LogP contribution in [-0.4, -0.2) is 52.7 Å². The van der Waals surface area contributed by atoms with Gasteiger partial charge in [-0.25, -0.2) is 4.98 Å². The molecular formula is C11H17N5O2S. The number of hydrogen-bond acceptors (Lipinski definition) is 6. The van der Waals surface area contributed by atoms with Crippen molar-refractivity contribution in [2.24, 2.45) is 0 Å². The summed E-state index contributed by atoms with van der Waals surface area (Å²) in [6.45, 7) is 3.26. The number of anilines is 1. The quantitative estimate of drug-likeness (QED) is 0.499. The zero-order valence-corrected chi connectivity index (χ0v) is 11.3. The summed E-state index contributed by atoms with van der Waals surface area (Å²) in [5, 5.41) is 3.62. The lowest BCUT2D eigenvalue weighted by Gasteiger charge is -2.19. The molecule has 4 N–H and O–H groups in total. The predicted molar refractivity (Wildman–Crippen MR) is 74.1 cm³/mol. The lowest BCUT2D eigenvalue weighted by atomic mass is 10.4. The van der Waals surface area contributed by atoms with Crippen molar-refractivity contribution in [3.63, 3.8) is 0 Å². The molecule has 104 valence electrons. The smallest absolute Gasteiger partial charge is 0.253 e. The lowest BCUT2D eigenvalue weighted by Crippen LogP contribution is -2.35. The van der Waals surface area contributed by atoms with Crippen LogP contribution in [0.15, 0.2) is 16.0 Å². The first-order valence-corrected chi connectivity index (χ1v) is 7.12. The van der Waals surface area contributed by atoms with Gasteiger partial charge in [0.15, 0.2) is 5.16 Å². The summed E-state index contributed by atoms with van der Waals surface area (Å²) in [6, 6.07) is 1.21. The fourth-order valence-electron chi connectivity index (χ4n) is 1.84. The van der Waals surface area contributed by atoms with E-state index in [9.17, 15) is 9.59 Å². The van der Waals surface area contributed by atoms with E-state index in [0.717, 1.165) is 32.6 Å². The van der Waals surface area contributed by atoms with Gasteiger partial charge in [-0.2, -0.15) is 0 Å². The monoisotopic (exact) mass is 283 g/mol. The average molecular weight is 283 g/mol. The number of thioether (sulfide) groups is 1. The molecule has 1 aromatic heterocycles. The summed E-state index contributed by atoms with van der Waals surface area (Å²) in [6.07, 6.45) is 0.962. The molecule has 0 bridgehead atoms. The van der Waals surface area contributed by atoms with Gasteiger partial charge in [-0.05, 0) is 13.0 Å². The van der Waals surface area contributed by atoms with Crippen LogP contribution in [0.1, 0.15) is 6.42 Å². The van der Waals surface area contributed by atoms with Crippen molar-refractivity contribution in [1.82, 2.24) is 20.2 Å². The van der Waals surface area contributed by atoms with Crippen molar-refractivity contribution >= 4 is 23.5 Å². The van der Waals surface area contributed by atoms with Crippen LogP contribution in [0, 0.1) is 0 Å². The third-order valence-corrected chi connectivity index (χ3v) is 3.62. The third kappa shape index (κ3) is 4.25. The minimum atomic E-state index is -0.304. The van der Waals surface area contributed by atoms with Gasteiger partial charge in [0.05, 0.1) is 5.75 Å². The van der Waals surface area contributed by atoms with Gasteiger partial charge in [-0.15, -0.1) is 0 Å². The van der Waals surface area contributed by atoms with Crippen LogP contribution in [0.2, 0.25) is 0 Å². The zero-order chi connectivity index (χ0) is 13.7. The molecule has 0 saturated carbocycles. The van der Waals surface area contributed by atoms with E-state index < -0.39 is 0 Å². The maximum Gasteiger partial charge on any atom is 0.253 e. The zero-order valence-electron chi connectivity index (χ0n) is 10.5. The topological polar surface area (TPSA) is 104 Å². The number of hydrogen-bond donors (Lipinski definition) is 3. The Labute approximate surface area is 115 Å². The fourth-order valence-corrected chi connectivity index (χ4v) is 2.62. The number of nitrogens with two attached hydrogens (primary N) is 1. The van der Waals surface area contributed by atoms with Gasteiger partial charge < -0.3 is 20.9 Å². The Balaban J connectivity index is 1.90. The summed E-state index contributed by atoms with van der Waals surface area (Å²) < 4.78 is 0. The van der Waals surface area contributed by atoms with Crippen LogP contribution in [-0.2, 0) is 4.79 Å². The minimum absolute atomic E-state index is 0.0544. The van der Waals surface area contributed by atoms with Gasteiger partial charge >= 0.3 is 0 Å². The molecule has 1 saturated heterocycles. The normalized spacial score (nSPS) is 16.1. The van der Waals surface area contributed by atoms with Crippen molar-refractivity contribution < 1.29 is 4.79 Å². The van der Waals surface area contributed by atoms with E-state index in [0.29, 0.717) is 5.16 Å². The predicted octanol–water partition coefficient (Wildman–Crippen LogP) is -0.734. The first-order chi connectivity index (χ1) is 9.15. The maximum atomic E-state index is 12.0. The molecule has 0 unspecified atom stereocenters.